The Labute approximate surface area is 213 Å². The van der Waals surface area contributed by atoms with Crippen LogP contribution >= 0.6 is 0 Å². The van der Waals surface area contributed by atoms with E-state index in [2.05, 4.69) is 35.2 Å². The van der Waals surface area contributed by atoms with Crippen LogP contribution in [-0.2, 0) is 27.9 Å². The molecular formula is C31H36FNO3. The molecule has 0 N–H and O–H groups in total. The Morgan fingerprint density at radius 3 is 2.75 bits per heavy atom. The fraction of sp³-hybridized carbons (Fsp3) is 0.613. The number of methoxy groups -OCH3 is 1. The molecule has 2 aromatic rings. The van der Waals surface area contributed by atoms with Gasteiger partial charge in [-0.1, -0.05) is 36.4 Å². The Kier molecular flexibility index (Phi) is 4.63. The molecule has 9 rings (SSSR count). The van der Waals surface area contributed by atoms with Gasteiger partial charge in [-0.3, -0.25) is 4.90 Å². The zero-order chi connectivity index (χ0) is 24.1. The molecule has 6 unspecified atom stereocenters. The van der Waals surface area contributed by atoms with Crippen molar-refractivity contribution in [2.75, 3.05) is 26.8 Å². The lowest BCUT2D eigenvalue weighted by molar-refractivity contribution is -0.283. The highest BCUT2D eigenvalue weighted by Crippen LogP contribution is 2.76. The van der Waals surface area contributed by atoms with Gasteiger partial charge in [0.1, 0.15) is 11.7 Å². The lowest BCUT2D eigenvalue weighted by Gasteiger charge is -2.74. The van der Waals surface area contributed by atoms with Crippen LogP contribution in [0.15, 0.2) is 42.5 Å². The summed E-state index contributed by atoms with van der Waals surface area (Å²) in [7, 11) is 1.85. The van der Waals surface area contributed by atoms with E-state index in [0.29, 0.717) is 25.0 Å². The summed E-state index contributed by atoms with van der Waals surface area (Å²) in [5, 5.41) is 0. The highest BCUT2D eigenvalue weighted by molar-refractivity contribution is 5.59. The summed E-state index contributed by atoms with van der Waals surface area (Å²) in [5.41, 5.74) is 3.23. The standard InChI is InChI=1S/C31H36FNO3/c1-34-31-12-11-29(16-23(31)19-35-18-21-5-3-2-4-6-21)25-15-22-9-10-24(32)27-26(22)30(29,28(31)36-27)13-14-33(25)17-20-7-8-20/h2-6,9-10,20,23,25,28H,7-8,11-19H2,1H3. The van der Waals surface area contributed by atoms with Crippen LogP contribution in [0.5, 0.6) is 5.75 Å². The van der Waals surface area contributed by atoms with Crippen molar-refractivity contribution in [2.45, 2.75) is 74.7 Å². The summed E-state index contributed by atoms with van der Waals surface area (Å²) in [6, 6.07) is 14.6. The molecule has 2 aliphatic heterocycles. The van der Waals surface area contributed by atoms with E-state index in [1.54, 1.807) is 6.07 Å². The number of rotatable bonds is 7. The van der Waals surface area contributed by atoms with E-state index in [1.165, 1.54) is 36.1 Å². The minimum atomic E-state index is -0.443. The summed E-state index contributed by atoms with van der Waals surface area (Å²) >= 11 is 0. The molecule has 190 valence electrons. The number of halogens is 1. The molecule has 36 heavy (non-hydrogen) atoms. The molecule has 5 fully saturated rings. The first-order chi connectivity index (χ1) is 17.6. The monoisotopic (exact) mass is 489 g/mol. The van der Waals surface area contributed by atoms with Crippen molar-refractivity contribution in [3.63, 3.8) is 0 Å². The molecule has 0 aromatic heterocycles. The zero-order valence-electron chi connectivity index (χ0n) is 21.2. The Hall–Kier alpha value is -1.95. The summed E-state index contributed by atoms with van der Waals surface area (Å²) in [6.45, 7) is 3.58. The average molecular weight is 490 g/mol. The van der Waals surface area contributed by atoms with Gasteiger partial charge in [-0.25, -0.2) is 4.39 Å². The van der Waals surface area contributed by atoms with Gasteiger partial charge in [-0.15, -0.1) is 0 Å². The van der Waals surface area contributed by atoms with Crippen LogP contribution in [0, 0.1) is 23.1 Å². The lowest BCUT2D eigenvalue weighted by Crippen LogP contribution is -2.81. The molecule has 2 spiro atoms. The van der Waals surface area contributed by atoms with Crippen molar-refractivity contribution in [1.82, 2.24) is 4.90 Å². The van der Waals surface area contributed by atoms with Gasteiger partial charge in [0.2, 0.25) is 0 Å². The van der Waals surface area contributed by atoms with Crippen molar-refractivity contribution in [3.8, 4) is 5.75 Å². The minimum Gasteiger partial charge on any atom is -0.483 e. The largest absolute Gasteiger partial charge is 0.483 e. The van der Waals surface area contributed by atoms with Crippen molar-refractivity contribution in [3.05, 3.63) is 65.0 Å². The number of ether oxygens (including phenoxy) is 3. The number of piperidine rings is 1. The van der Waals surface area contributed by atoms with E-state index in [0.717, 1.165) is 44.6 Å². The first kappa shape index (κ1) is 22.1. The molecule has 2 heterocycles. The molecule has 4 nitrogen and oxygen atoms in total. The Morgan fingerprint density at radius 1 is 1.08 bits per heavy atom. The second-order valence-corrected chi connectivity index (χ2v) is 12.5. The van der Waals surface area contributed by atoms with E-state index in [-0.39, 0.29) is 28.7 Å². The van der Waals surface area contributed by atoms with Crippen molar-refractivity contribution >= 4 is 0 Å². The van der Waals surface area contributed by atoms with Crippen LogP contribution < -0.4 is 4.74 Å². The van der Waals surface area contributed by atoms with Crippen molar-refractivity contribution < 1.29 is 18.6 Å². The number of nitrogens with zero attached hydrogens (tertiary/aromatic N) is 1. The fourth-order valence-electron chi connectivity index (χ4n) is 9.62. The van der Waals surface area contributed by atoms with Crippen LogP contribution in [0.4, 0.5) is 4.39 Å². The predicted molar refractivity (Wildman–Crippen MR) is 135 cm³/mol. The molecule has 5 aliphatic carbocycles. The van der Waals surface area contributed by atoms with Crippen molar-refractivity contribution in [1.29, 1.82) is 0 Å². The number of likely N-dealkylation sites (tertiary alicyclic amines) is 1. The third kappa shape index (κ3) is 2.65. The molecular weight excluding hydrogens is 453 g/mol. The third-order valence-electron chi connectivity index (χ3n) is 11.2. The Morgan fingerprint density at radius 2 is 1.94 bits per heavy atom. The normalized spacial score (nSPS) is 39.7. The molecule has 0 radical (unpaired) electrons. The van der Waals surface area contributed by atoms with Crippen LogP contribution in [0.2, 0.25) is 0 Å². The Balaban J connectivity index is 1.22. The molecule has 5 heteroatoms. The van der Waals surface area contributed by atoms with Gasteiger partial charge in [0.05, 0.1) is 13.2 Å². The second kappa shape index (κ2) is 7.55. The smallest absolute Gasteiger partial charge is 0.165 e. The summed E-state index contributed by atoms with van der Waals surface area (Å²) in [5.74, 6) is 1.44. The van der Waals surface area contributed by atoms with E-state index in [9.17, 15) is 0 Å². The number of hydrogen-bond acceptors (Lipinski definition) is 4. The number of fused-ring (bicyclic) bond motifs is 2. The highest BCUT2D eigenvalue weighted by atomic mass is 19.1. The van der Waals surface area contributed by atoms with Crippen molar-refractivity contribution in [2.24, 2.45) is 17.3 Å². The van der Waals surface area contributed by atoms with Gasteiger partial charge in [0, 0.05) is 42.0 Å². The SMILES string of the molecule is COC12CCC3(CC1COCc1ccccc1)C1Cc4ccc(F)c5c4C3(CCN1CC1CC1)C2O5. The maximum absolute atomic E-state index is 15.3. The maximum Gasteiger partial charge on any atom is 0.165 e. The van der Waals surface area contributed by atoms with Crippen LogP contribution in [-0.4, -0.2) is 49.5 Å². The fourth-order valence-corrected chi connectivity index (χ4v) is 9.62. The van der Waals surface area contributed by atoms with Gasteiger partial charge in [-0.05, 0) is 74.6 Å². The average Bonchev–Trinajstić information content (AvgIpc) is 3.64. The number of hydrogen-bond donors (Lipinski definition) is 0. The quantitative estimate of drug-likeness (QED) is 0.531. The minimum absolute atomic E-state index is 0.0951. The van der Waals surface area contributed by atoms with Gasteiger partial charge in [-0.2, -0.15) is 0 Å². The third-order valence-corrected chi connectivity index (χ3v) is 11.2. The van der Waals surface area contributed by atoms with E-state index in [4.69, 9.17) is 14.2 Å². The van der Waals surface area contributed by atoms with Crippen LogP contribution in [0.25, 0.3) is 0 Å². The molecule has 0 amide bonds. The number of benzene rings is 2. The van der Waals surface area contributed by atoms with Crippen LogP contribution in [0.3, 0.4) is 0 Å². The van der Waals surface area contributed by atoms with Crippen LogP contribution in [0.1, 0.15) is 55.2 Å². The molecule has 2 aromatic carbocycles. The molecule has 1 saturated heterocycles. The Bertz CT molecular complexity index is 1200. The second-order valence-electron chi connectivity index (χ2n) is 12.5. The van der Waals surface area contributed by atoms with E-state index < -0.39 is 5.60 Å². The first-order valence-electron chi connectivity index (χ1n) is 14.0. The molecule has 4 saturated carbocycles. The molecule has 4 bridgehead atoms. The summed E-state index contributed by atoms with van der Waals surface area (Å²) in [4.78, 5) is 2.83. The first-order valence-corrected chi connectivity index (χ1v) is 14.0. The van der Waals surface area contributed by atoms with E-state index >= 15 is 4.39 Å². The van der Waals surface area contributed by atoms with E-state index in [1.807, 2.05) is 13.2 Å². The molecule has 7 aliphatic rings. The highest BCUT2D eigenvalue weighted by Gasteiger charge is 2.80. The van der Waals surface area contributed by atoms with Gasteiger partial charge in [0.15, 0.2) is 11.6 Å². The van der Waals surface area contributed by atoms with Gasteiger partial charge < -0.3 is 14.2 Å². The summed E-state index contributed by atoms with van der Waals surface area (Å²) in [6.07, 6.45) is 7.86. The topological polar surface area (TPSA) is 30.9 Å². The lowest BCUT2D eigenvalue weighted by atomic mass is 9.35. The zero-order valence-corrected chi connectivity index (χ0v) is 21.2. The maximum atomic E-state index is 15.3. The van der Waals surface area contributed by atoms with Gasteiger partial charge >= 0.3 is 0 Å². The predicted octanol–water partition coefficient (Wildman–Crippen LogP) is 5.27. The summed E-state index contributed by atoms with van der Waals surface area (Å²) < 4.78 is 35.0. The van der Waals surface area contributed by atoms with Gasteiger partial charge in [0.25, 0.3) is 0 Å². The molecule has 6 atom stereocenters.